The summed E-state index contributed by atoms with van der Waals surface area (Å²) in [6.07, 6.45) is 2.52. The minimum atomic E-state index is -0.172. The molecule has 1 amide bonds. The number of amides is 1. The number of hydrogen-bond donors (Lipinski definition) is 2. The summed E-state index contributed by atoms with van der Waals surface area (Å²) in [6, 6.07) is 3.92. The van der Waals surface area contributed by atoms with Crippen LogP contribution in [0.25, 0.3) is 0 Å². The third-order valence-electron chi connectivity index (χ3n) is 2.44. The first-order valence-electron chi connectivity index (χ1n) is 6.74. The highest BCUT2D eigenvalue weighted by Crippen LogP contribution is 2.11. The van der Waals surface area contributed by atoms with Crippen molar-refractivity contribution in [2.24, 2.45) is 0 Å². The average Bonchev–Trinajstić information content (AvgIpc) is 2.38. The number of carbonyl (C=O) groups is 1. The normalized spacial score (nSPS) is 10.5. The molecular formula is C14H23N3O2. The summed E-state index contributed by atoms with van der Waals surface area (Å²) < 4.78 is 5.60. The van der Waals surface area contributed by atoms with Crippen LogP contribution in [0.1, 0.15) is 37.7 Å². The fourth-order valence-corrected chi connectivity index (χ4v) is 1.53. The molecule has 2 N–H and O–H groups in total. The van der Waals surface area contributed by atoms with Crippen LogP contribution in [0.3, 0.4) is 0 Å². The van der Waals surface area contributed by atoms with Crippen molar-refractivity contribution >= 4 is 5.91 Å². The summed E-state index contributed by atoms with van der Waals surface area (Å²) in [5.74, 6) is 0.509. The molecule has 0 aliphatic rings. The predicted molar refractivity (Wildman–Crippen MR) is 75.5 cm³/mol. The highest BCUT2D eigenvalue weighted by Gasteiger charge is 2.06. The SMILES string of the molecule is CCNC(=O)c1cc(OCCCNC(C)C)ccn1. The van der Waals surface area contributed by atoms with Crippen molar-refractivity contribution in [3.05, 3.63) is 24.0 Å². The van der Waals surface area contributed by atoms with Crippen molar-refractivity contribution in [3.8, 4) is 5.75 Å². The molecule has 0 bridgehead atoms. The highest BCUT2D eigenvalue weighted by atomic mass is 16.5. The fraction of sp³-hybridized carbons (Fsp3) is 0.571. The fourth-order valence-electron chi connectivity index (χ4n) is 1.53. The molecule has 5 heteroatoms. The molecule has 19 heavy (non-hydrogen) atoms. The summed E-state index contributed by atoms with van der Waals surface area (Å²) in [5, 5.41) is 6.03. The maximum Gasteiger partial charge on any atom is 0.270 e. The van der Waals surface area contributed by atoms with Crippen molar-refractivity contribution in [2.45, 2.75) is 33.2 Å². The van der Waals surface area contributed by atoms with Crippen LogP contribution < -0.4 is 15.4 Å². The first kappa shape index (κ1) is 15.4. The monoisotopic (exact) mass is 265 g/mol. The van der Waals surface area contributed by atoms with Crippen molar-refractivity contribution in [3.63, 3.8) is 0 Å². The summed E-state index contributed by atoms with van der Waals surface area (Å²) in [4.78, 5) is 15.6. The van der Waals surface area contributed by atoms with E-state index in [0.717, 1.165) is 13.0 Å². The van der Waals surface area contributed by atoms with Gasteiger partial charge in [-0.1, -0.05) is 13.8 Å². The Hall–Kier alpha value is -1.62. The molecule has 0 fully saturated rings. The highest BCUT2D eigenvalue weighted by molar-refractivity contribution is 5.92. The second-order valence-electron chi connectivity index (χ2n) is 4.55. The smallest absolute Gasteiger partial charge is 0.270 e. The topological polar surface area (TPSA) is 63.2 Å². The lowest BCUT2D eigenvalue weighted by atomic mass is 10.3. The van der Waals surface area contributed by atoms with E-state index in [2.05, 4.69) is 29.5 Å². The van der Waals surface area contributed by atoms with Gasteiger partial charge in [-0.2, -0.15) is 0 Å². The summed E-state index contributed by atoms with van der Waals surface area (Å²) >= 11 is 0. The van der Waals surface area contributed by atoms with Crippen molar-refractivity contribution in [1.29, 1.82) is 0 Å². The molecule has 0 saturated heterocycles. The van der Waals surface area contributed by atoms with Crippen LogP contribution in [0, 0.1) is 0 Å². The number of ether oxygens (including phenoxy) is 1. The summed E-state index contributed by atoms with van der Waals surface area (Å²) in [7, 11) is 0. The molecule has 1 heterocycles. The van der Waals surface area contributed by atoms with Crippen LogP contribution in [0.4, 0.5) is 0 Å². The number of rotatable bonds is 8. The molecule has 0 unspecified atom stereocenters. The number of nitrogens with zero attached hydrogens (tertiary/aromatic N) is 1. The van der Waals surface area contributed by atoms with Gasteiger partial charge in [0.25, 0.3) is 5.91 Å². The minimum Gasteiger partial charge on any atom is -0.493 e. The van der Waals surface area contributed by atoms with Gasteiger partial charge in [-0.25, -0.2) is 0 Å². The molecule has 106 valence electrons. The van der Waals surface area contributed by atoms with Gasteiger partial charge in [-0.05, 0) is 26.0 Å². The second kappa shape index (κ2) is 8.48. The first-order chi connectivity index (χ1) is 9.13. The van der Waals surface area contributed by atoms with Gasteiger partial charge < -0.3 is 15.4 Å². The standard InChI is InChI=1S/C14H23N3O2/c1-4-15-14(18)13-10-12(6-8-17-13)19-9-5-7-16-11(2)3/h6,8,10-11,16H,4-5,7,9H2,1-3H3,(H,15,18). The lowest BCUT2D eigenvalue weighted by molar-refractivity contribution is 0.0950. The number of pyridine rings is 1. The molecule has 5 nitrogen and oxygen atoms in total. The Balaban J connectivity index is 2.38. The van der Waals surface area contributed by atoms with Crippen molar-refractivity contribution < 1.29 is 9.53 Å². The van der Waals surface area contributed by atoms with E-state index in [-0.39, 0.29) is 5.91 Å². The molecule has 0 aliphatic heterocycles. The Morgan fingerprint density at radius 2 is 2.26 bits per heavy atom. The lowest BCUT2D eigenvalue weighted by Gasteiger charge is -2.09. The molecule has 0 spiro atoms. The molecule has 1 aromatic heterocycles. The third kappa shape index (κ3) is 6.20. The van der Waals surface area contributed by atoms with E-state index in [0.29, 0.717) is 30.6 Å². The zero-order valence-electron chi connectivity index (χ0n) is 11.9. The van der Waals surface area contributed by atoms with E-state index in [9.17, 15) is 4.79 Å². The van der Waals surface area contributed by atoms with E-state index < -0.39 is 0 Å². The molecule has 0 radical (unpaired) electrons. The van der Waals surface area contributed by atoms with Gasteiger partial charge >= 0.3 is 0 Å². The Morgan fingerprint density at radius 1 is 1.47 bits per heavy atom. The zero-order chi connectivity index (χ0) is 14.1. The number of carbonyl (C=O) groups excluding carboxylic acids is 1. The zero-order valence-corrected chi connectivity index (χ0v) is 11.9. The van der Waals surface area contributed by atoms with E-state index >= 15 is 0 Å². The number of nitrogens with one attached hydrogen (secondary N) is 2. The molecule has 0 atom stereocenters. The lowest BCUT2D eigenvalue weighted by Crippen LogP contribution is -2.25. The predicted octanol–water partition coefficient (Wildman–Crippen LogP) is 1.60. The van der Waals surface area contributed by atoms with Gasteiger partial charge in [0.2, 0.25) is 0 Å². The van der Waals surface area contributed by atoms with Gasteiger partial charge in [0, 0.05) is 24.8 Å². The van der Waals surface area contributed by atoms with Crippen LogP contribution in [-0.4, -0.2) is 36.6 Å². The summed E-state index contributed by atoms with van der Waals surface area (Å²) in [5.41, 5.74) is 0.389. The third-order valence-corrected chi connectivity index (χ3v) is 2.44. The molecule has 0 aliphatic carbocycles. The van der Waals surface area contributed by atoms with Crippen molar-refractivity contribution in [2.75, 3.05) is 19.7 Å². The van der Waals surface area contributed by atoms with Crippen LogP contribution in [-0.2, 0) is 0 Å². The number of hydrogen-bond acceptors (Lipinski definition) is 4. The minimum absolute atomic E-state index is 0.172. The molecule has 0 saturated carbocycles. The maximum atomic E-state index is 11.6. The van der Waals surface area contributed by atoms with E-state index in [4.69, 9.17) is 4.74 Å². The van der Waals surface area contributed by atoms with Gasteiger partial charge in [0.1, 0.15) is 11.4 Å². The van der Waals surface area contributed by atoms with E-state index in [1.807, 2.05) is 6.92 Å². The van der Waals surface area contributed by atoms with Gasteiger partial charge in [0.15, 0.2) is 0 Å². The molecule has 0 aromatic carbocycles. The quantitative estimate of drug-likeness (QED) is 0.701. The van der Waals surface area contributed by atoms with Crippen LogP contribution in [0.2, 0.25) is 0 Å². The number of aromatic nitrogens is 1. The van der Waals surface area contributed by atoms with E-state index in [1.165, 1.54) is 0 Å². The molecule has 1 aromatic rings. The Bertz CT molecular complexity index is 394. The van der Waals surface area contributed by atoms with Crippen LogP contribution >= 0.6 is 0 Å². The largest absolute Gasteiger partial charge is 0.493 e. The maximum absolute atomic E-state index is 11.6. The van der Waals surface area contributed by atoms with Gasteiger partial charge in [-0.3, -0.25) is 9.78 Å². The Morgan fingerprint density at radius 3 is 2.95 bits per heavy atom. The van der Waals surface area contributed by atoms with Gasteiger partial charge in [0.05, 0.1) is 6.61 Å². The van der Waals surface area contributed by atoms with Gasteiger partial charge in [-0.15, -0.1) is 0 Å². The van der Waals surface area contributed by atoms with Crippen LogP contribution in [0.15, 0.2) is 18.3 Å². The van der Waals surface area contributed by atoms with E-state index in [1.54, 1.807) is 18.3 Å². The van der Waals surface area contributed by atoms with Crippen molar-refractivity contribution in [1.82, 2.24) is 15.6 Å². The Kier molecular flexibility index (Phi) is 6.89. The molecule has 1 rings (SSSR count). The first-order valence-corrected chi connectivity index (χ1v) is 6.74. The molecular weight excluding hydrogens is 242 g/mol. The second-order valence-corrected chi connectivity index (χ2v) is 4.55. The Labute approximate surface area is 114 Å². The summed E-state index contributed by atoms with van der Waals surface area (Å²) in [6.45, 7) is 8.24. The van der Waals surface area contributed by atoms with Crippen LogP contribution in [0.5, 0.6) is 5.75 Å². The average molecular weight is 265 g/mol.